The summed E-state index contributed by atoms with van der Waals surface area (Å²) in [7, 11) is 0. The number of carbonyl (C=O) groups is 2. The van der Waals surface area contributed by atoms with Crippen LogP contribution in [0.1, 0.15) is 28.8 Å². The number of nitrogens with one attached hydrogen (secondary N) is 2. The molecule has 0 atom stereocenters. The minimum Gasteiger partial charge on any atom is -0.352 e. The second-order valence-electron chi connectivity index (χ2n) is 5.40. The molecule has 0 spiro atoms. The molecule has 0 saturated carbocycles. The maximum Gasteiger partial charge on any atom is 0.251 e. The largest absolute Gasteiger partial charge is 0.352 e. The van der Waals surface area contributed by atoms with Gasteiger partial charge in [0.05, 0.1) is 5.69 Å². The fourth-order valence-corrected chi connectivity index (χ4v) is 2.21. The van der Waals surface area contributed by atoms with Crippen molar-refractivity contribution >= 4 is 29.1 Å². The Labute approximate surface area is 145 Å². The minimum absolute atomic E-state index is 0.163. The average Bonchev–Trinajstić information content (AvgIpc) is 2.55. The lowest BCUT2D eigenvalue weighted by molar-refractivity contribution is -0.116. The van der Waals surface area contributed by atoms with Crippen molar-refractivity contribution in [1.29, 1.82) is 0 Å². The SMILES string of the molecule is Cc1ccc(NC(=O)CCCNC(=O)c2ccc(Cl)cc2)c(F)c1. The number of benzene rings is 2. The summed E-state index contributed by atoms with van der Waals surface area (Å²) in [5, 5.41) is 5.80. The van der Waals surface area contributed by atoms with Crippen molar-refractivity contribution in [2.45, 2.75) is 19.8 Å². The maximum absolute atomic E-state index is 13.6. The van der Waals surface area contributed by atoms with Crippen LogP contribution < -0.4 is 10.6 Å². The first-order valence-corrected chi connectivity index (χ1v) is 7.93. The highest BCUT2D eigenvalue weighted by atomic mass is 35.5. The second-order valence-corrected chi connectivity index (χ2v) is 5.83. The second kappa shape index (κ2) is 8.45. The van der Waals surface area contributed by atoms with Crippen LogP contribution in [-0.2, 0) is 4.79 Å². The number of aryl methyl sites for hydroxylation is 1. The molecule has 0 aliphatic rings. The summed E-state index contributed by atoms with van der Waals surface area (Å²) in [6.07, 6.45) is 0.646. The van der Waals surface area contributed by atoms with Crippen LogP contribution in [0.2, 0.25) is 5.02 Å². The van der Waals surface area contributed by atoms with Gasteiger partial charge < -0.3 is 10.6 Å². The standard InChI is InChI=1S/C18H18ClFN2O2/c1-12-4-9-16(15(20)11-12)22-17(23)3-2-10-21-18(24)13-5-7-14(19)8-6-13/h4-9,11H,2-3,10H2,1H3,(H,21,24)(H,22,23). The van der Waals surface area contributed by atoms with Gasteiger partial charge in [-0.1, -0.05) is 17.7 Å². The summed E-state index contributed by atoms with van der Waals surface area (Å²) >= 11 is 5.76. The van der Waals surface area contributed by atoms with Crippen LogP contribution >= 0.6 is 11.6 Å². The number of carbonyl (C=O) groups excluding carboxylic acids is 2. The highest BCUT2D eigenvalue weighted by Crippen LogP contribution is 2.15. The lowest BCUT2D eigenvalue weighted by Gasteiger charge is -2.08. The molecule has 2 N–H and O–H groups in total. The molecule has 2 aromatic carbocycles. The predicted octanol–water partition coefficient (Wildman–Crippen LogP) is 3.94. The summed E-state index contributed by atoms with van der Waals surface area (Å²) in [5.41, 5.74) is 1.46. The molecule has 2 aromatic rings. The van der Waals surface area contributed by atoms with Crippen LogP contribution in [0.3, 0.4) is 0 Å². The topological polar surface area (TPSA) is 58.2 Å². The normalized spacial score (nSPS) is 10.3. The molecule has 0 fully saturated rings. The van der Waals surface area contributed by atoms with Crippen molar-refractivity contribution in [3.05, 3.63) is 64.4 Å². The zero-order valence-electron chi connectivity index (χ0n) is 13.2. The Balaban J connectivity index is 1.72. The van der Waals surface area contributed by atoms with Crippen LogP contribution in [-0.4, -0.2) is 18.4 Å². The third-order valence-corrected chi connectivity index (χ3v) is 3.62. The van der Waals surface area contributed by atoms with Crippen molar-refractivity contribution in [3.8, 4) is 0 Å². The molecule has 6 heteroatoms. The fourth-order valence-electron chi connectivity index (χ4n) is 2.09. The molecule has 0 bridgehead atoms. The van der Waals surface area contributed by atoms with E-state index in [1.165, 1.54) is 12.1 Å². The molecule has 0 heterocycles. The van der Waals surface area contributed by atoms with E-state index in [9.17, 15) is 14.0 Å². The smallest absolute Gasteiger partial charge is 0.251 e. The Hall–Kier alpha value is -2.40. The summed E-state index contributed by atoms with van der Waals surface area (Å²) in [5.74, 6) is -0.977. The van der Waals surface area contributed by atoms with Gasteiger partial charge in [0.1, 0.15) is 5.82 Å². The molecule has 0 radical (unpaired) electrons. The van der Waals surface area contributed by atoms with Crippen LogP contribution in [0.5, 0.6) is 0 Å². The Kier molecular flexibility index (Phi) is 6.32. The third kappa shape index (κ3) is 5.35. The van der Waals surface area contributed by atoms with Gasteiger partial charge in [-0.2, -0.15) is 0 Å². The van der Waals surface area contributed by atoms with Crippen LogP contribution in [0, 0.1) is 12.7 Å². The zero-order valence-corrected chi connectivity index (χ0v) is 14.0. The lowest BCUT2D eigenvalue weighted by Crippen LogP contribution is -2.25. The first-order valence-electron chi connectivity index (χ1n) is 7.55. The van der Waals surface area contributed by atoms with Gasteiger partial charge in [0.15, 0.2) is 0 Å². The summed E-state index contributed by atoms with van der Waals surface area (Å²) in [6, 6.07) is 11.2. The number of anilines is 1. The van der Waals surface area contributed by atoms with Crippen molar-refractivity contribution < 1.29 is 14.0 Å². The van der Waals surface area contributed by atoms with E-state index in [4.69, 9.17) is 11.6 Å². The van der Waals surface area contributed by atoms with Crippen molar-refractivity contribution in [3.63, 3.8) is 0 Å². The minimum atomic E-state index is -0.459. The van der Waals surface area contributed by atoms with E-state index in [-0.39, 0.29) is 23.9 Å². The fraction of sp³-hybridized carbons (Fsp3) is 0.222. The molecule has 0 aliphatic heterocycles. The van der Waals surface area contributed by atoms with Crippen LogP contribution in [0.15, 0.2) is 42.5 Å². The molecular weight excluding hydrogens is 331 g/mol. The quantitative estimate of drug-likeness (QED) is 0.777. The predicted molar refractivity (Wildman–Crippen MR) is 92.8 cm³/mol. The van der Waals surface area contributed by atoms with E-state index in [0.29, 0.717) is 23.6 Å². The number of rotatable bonds is 6. The molecule has 24 heavy (non-hydrogen) atoms. The zero-order chi connectivity index (χ0) is 17.5. The van der Waals surface area contributed by atoms with Gasteiger partial charge in [-0.3, -0.25) is 9.59 Å². The Morgan fingerprint density at radius 3 is 2.50 bits per heavy atom. The van der Waals surface area contributed by atoms with Gasteiger partial charge in [0.2, 0.25) is 5.91 Å². The van der Waals surface area contributed by atoms with Gasteiger partial charge in [-0.25, -0.2) is 4.39 Å². The molecule has 0 saturated heterocycles. The molecule has 2 rings (SSSR count). The molecule has 0 aliphatic carbocycles. The van der Waals surface area contributed by atoms with Crippen molar-refractivity contribution in [2.75, 3.05) is 11.9 Å². The number of hydrogen-bond donors (Lipinski definition) is 2. The summed E-state index contributed by atoms with van der Waals surface area (Å²) in [4.78, 5) is 23.7. The maximum atomic E-state index is 13.6. The first kappa shape index (κ1) is 17.9. The molecule has 126 valence electrons. The first-order chi connectivity index (χ1) is 11.5. The van der Waals surface area contributed by atoms with Gasteiger partial charge >= 0.3 is 0 Å². The molecule has 4 nitrogen and oxygen atoms in total. The van der Waals surface area contributed by atoms with Gasteiger partial charge in [-0.05, 0) is 55.3 Å². The van der Waals surface area contributed by atoms with Gasteiger partial charge in [0.25, 0.3) is 5.91 Å². The molecule has 0 aromatic heterocycles. The average molecular weight is 349 g/mol. The molecular formula is C18H18ClFN2O2. The van der Waals surface area contributed by atoms with Crippen LogP contribution in [0.25, 0.3) is 0 Å². The van der Waals surface area contributed by atoms with Crippen molar-refractivity contribution in [2.24, 2.45) is 0 Å². The van der Waals surface area contributed by atoms with Gasteiger partial charge in [-0.15, -0.1) is 0 Å². The van der Waals surface area contributed by atoms with Crippen LogP contribution in [0.4, 0.5) is 10.1 Å². The lowest BCUT2D eigenvalue weighted by atomic mass is 10.2. The third-order valence-electron chi connectivity index (χ3n) is 3.37. The summed E-state index contributed by atoms with van der Waals surface area (Å²) in [6.45, 7) is 2.13. The van der Waals surface area contributed by atoms with E-state index in [2.05, 4.69) is 10.6 Å². The molecule has 0 unspecified atom stereocenters. The van der Waals surface area contributed by atoms with E-state index >= 15 is 0 Å². The Morgan fingerprint density at radius 1 is 1.12 bits per heavy atom. The van der Waals surface area contributed by atoms with E-state index in [1.807, 2.05) is 0 Å². The monoisotopic (exact) mass is 348 g/mol. The Bertz CT molecular complexity index is 732. The Morgan fingerprint density at radius 2 is 1.83 bits per heavy atom. The number of hydrogen-bond acceptors (Lipinski definition) is 2. The summed E-state index contributed by atoms with van der Waals surface area (Å²) < 4.78 is 13.6. The highest BCUT2D eigenvalue weighted by Gasteiger charge is 2.08. The highest BCUT2D eigenvalue weighted by molar-refractivity contribution is 6.30. The van der Waals surface area contributed by atoms with Gasteiger partial charge in [0, 0.05) is 23.6 Å². The van der Waals surface area contributed by atoms with E-state index in [1.54, 1.807) is 37.3 Å². The van der Waals surface area contributed by atoms with E-state index in [0.717, 1.165) is 5.56 Å². The number of halogens is 2. The molecule has 2 amide bonds. The van der Waals surface area contributed by atoms with E-state index < -0.39 is 5.82 Å². The number of amides is 2. The van der Waals surface area contributed by atoms with Crippen molar-refractivity contribution in [1.82, 2.24) is 5.32 Å².